The quantitative estimate of drug-likeness (QED) is 0.835. The number of carbonyl (C=O) groups is 2. The van der Waals surface area contributed by atoms with Crippen LogP contribution in [0.1, 0.15) is 38.3 Å². The number of hydrogen-bond donors (Lipinski definition) is 2. The van der Waals surface area contributed by atoms with Gasteiger partial charge in [0.05, 0.1) is 5.69 Å². The van der Waals surface area contributed by atoms with Crippen molar-refractivity contribution < 1.29 is 14.7 Å². The van der Waals surface area contributed by atoms with E-state index in [1.165, 1.54) is 6.08 Å². The van der Waals surface area contributed by atoms with Gasteiger partial charge in [-0.05, 0) is 49.8 Å². The minimum absolute atomic E-state index is 0.00811. The minimum atomic E-state index is -1.03. The van der Waals surface area contributed by atoms with Gasteiger partial charge in [0.1, 0.15) is 5.82 Å². The smallest absolute Gasteiger partial charge is 0.328 e. The molecule has 5 heteroatoms. The SMILES string of the molecule is CC1CCC(C(=O)Nc2cccc(/C=C/C(=O)O)n2)CC1. The van der Waals surface area contributed by atoms with E-state index in [0.717, 1.165) is 31.8 Å². The van der Waals surface area contributed by atoms with E-state index >= 15 is 0 Å². The van der Waals surface area contributed by atoms with Gasteiger partial charge in [-0.15, -0.1) is 0 Å². The summed E-state index contributed by atoms with van der Waals surface area (Å²) in [6, 6.07) is 5.14. The van der Waals surface area contributed by atoms with Gasteiger partial charge in [0, 0.05) is 12.0 Å². The average Bonchev–Trinajstić information content (AvgIpc) is 2.46. The first-order chi connectivity index (χ1) is 10.0. The van der Waals surface area contributed by atoms with Crippen LogP contribution in [0.5, 0.6) is 0 Å². The van der Waals surface area contributed by atoms with Gasteiger partial charge < -0.3 is 10.4 Å². The molecule has 1 saturated carbocycles. The summed E-state index contributed by atoms with van der Waals surface area (Å²) in [6.45, 7) is 2.22. The molecule has 0 aliphatic heterocycles. The van der Waals surface area contributed by atoms with Crippen molar-refractivity contribution in [1.82, 2.24) is 4.98 Å². The van der Waals surface area contributed by atoms with Crippen molar-refractivity contribution >= 4 is 23.8 Å². The second kappa shape index (κ2) is 7.02. The largest absolute Gasteiger partial charge is 0.478 e. The van der Waals surface area contributed by atoms with E-state index in [1.807, 2.05) is 0 Å². The second-order valence-corrected chi connectivity index (χ2v) is 5.57. The molecule has 2 N–H and O–H groups in total. The first kappa shape index (κ1) is 15.2. The van der Waals surface area contributed by atoms with E-state index in [-0.39, 0.29) is 11.8 Å². The predicted molar refractivity (Wildman–Crippen MR) is 80.7 cm³/mol. The van der Waals surface area contributed by atoms with Crippen LogP contribution in [0.2, 0.25) is 0 Å². The Balaban J connectivity index is 1.97. The lowest BCUT2D eigenvalue weighted by Crippen LogP contribution is -2.27. The Morgan fingerprint density at radius 3 is 2.67 bits per heavy atom. The van der Waals surface area contributed by atoms with Crippen LogP contribution in [0.15, 0.2) is 24.3 Å². The van der Waals surface area contributed by atoms with Gasteiger partial charge in [0.2, 0.25) is 5.91 Å². The first-order valence-electron chi connectivity index (χ1n) is 7.23. The molecule has 1 fully saturated rings. The summed E-state index contributed by atoms with van der Waals surface area (Å²) in [5, 5.41) is 11.4. The van der Waals surface area contributed by atoms with E-state index in [1.54, 1.807) is 18.2 Å². The van der Waals surface area contributed by atoms with Crippen molar-refractivity contribution in [3.63, 3.8) is 0 Å². The van der Waals surface area contributed by atoms with E-state index in [2.05, 4.69) is 17.2 Å². The summed E-state index contributed by atoms with van der Waals surface area (Å²) in [6.07, 6.45) is 6.45. The molecule has 0 saturated heterocycles. The number of nitrogens with zero attached hydrogens (tertiary/aromatic N) is 1. The van der Waals surface area contributed by atoms with Crippen molar-refractivity contribution in [2.75, 3.05) is 5.32 Å². The molecule has 1 amide bonds. The predicted octanol–water partition coefficient (Wildman–Crippen LogP) is 2.94. The van der Waals surface area contributed by atoms with Gasteiger partial charge in [-0.2, -0.15) is 0 Å². The Bertz CT molecular complexity index is 546. The summed E-state index contributed by atoms with van der Waals surface area (Å²) in [4.78, 5) is 26.9. The normalized spacial score (nSPS) is 22.1. The molecule has 2 rings (SSSR count). The van der Waals surface area contributed by atoms with Crippen LogP contribution in [-0.4, -0.2) is 22.0 Å². The number of hydrogen-bond acceptors (Lipinski definition) is 3. The minimum Gasteiger partial charge on any atom is -0.478 e. The molecule has 21 heavy (non-hydrogen) atoms. The van der Waals surface area contributed by atoms with Crippen LogP contribution in [0.4, 0.5) is 5.82 Å². The van der Waals surface area contributed by atoms with Gasteiger partial charge in [-0.3, -0.25) is 4.79 Å². The van der Waals surface area contributed by atoms with Crippen LogP contribution >= 0.6 is 0 Å². The van der Waals surface area contributed by atoms with Crippen LogP contribution < -0.4 is 5.32 Å². The molecule has 1 heterocycles. The van der Waals surface area contributed by atoms with Gasteiger partial charge in [-0.25, -0.2) is 9.78 Å². The molecule has 1 aromatic rings. The van der Waals surface area contributed by atoms with Gasteiger partial charge in [-0.1, -0.05) is 13.0 Å². The Morgan fingerprint density at radius 1 is 1.29 bits per heavy atom. The van der Waals surface area contributed by atoms with Gasteiger partial charge >= 0.3 is 5.97 Å². The van der Waals surface area contributed by atoms with Crippen molar-refractivity contribution in [1.29, 1.82) is 0 Å². The molecule has 1 aromatic heterocycles. The van der Waals surface area contributed by atoms with E-state index in [9.17, 15) is 9.59 Å². The summed E-state index contributed by atoms with van der Waals surface area (Å²) in [5.41, 5.74) is 0.507. The maximum Gasteiger partial charge on any atom is 0.328 e. The zero-order chi connectivity index (χ0) is 15.2. The molecule has 0 bridgehead atoms. The number of aliphatic carboxylic acids is 1. The fourth-order valence-electron chi connectivity index (χ4n) is 2.52. The van der Waals surface area contributed by atoms with Crippen LogP contribution in [-0.2, 0) is 9.59 Å². The molecule has 0 spiro atoms. The molecule has 0 radical (unpaired) electrons. The van der Waals surface area contributed by atoms with Gasteiger partial charge in [0.15, 0.2) is 0 Å². The Morgan fingerprint density at radius 2 is 2.00 bits per heavy atom. The van der Waals surface area contributed by atoms with E-state index < -0.39 is 5.97 Å². The molecule has 0 atom stereocenters. The van der Waals surface area contributed by atoms with Crippen molar-refractivity contribution in [2.24, 2.45) is 11.8 Å². The highest BCUT2D eigenvalue weighted by Crippen LogP contribution is 2.28. The third-order valence-electron chi connectivity index (χ3n) is 3.81. The van der Waals surface area contributed by atoms with E-state index in [4.69, 9.17) is 5.11 Å². The number of aromatic nitrogens is 1. The second-order valence-electron chi connectivity index (χ2n) is 5.57. The fraction of sp³-hybridized carbons (Fsp3) is 0.438. The zero-order valence-corrected chi connectivity index (χ0v) is 12.1. The number of carboxylic acid groups (broad SMARTS) is 1. The molecule has 0 aromatic carbocycles. The molecule has 5 nitrogen and oxygen atoms in total. The Labute approximate surface area is 124 Å². The summed E-state index contributed by atoms with van der Waals surface area (Å²) < 4.78 is 0. The number of nitrogens with one attached hydrogen (secondary N) is 1. The molecular weight excluding hydrogens is 268 g/mol. The Kier molecular flexibility index (Phi) is 5.09. The van der Waals surface area contributed by atoms with E-state index in [0.29, 0.717) is 17.4 Å². The highest BCUT2D eigenvalue weighted by Gasteiger charge is 2.24. The van der Waals surface area contributed by atoms with Crippen LogP contribution in [0.25, 0.3) is 6.08 Å². The van der Waals surface area contributed by atoms with Crippen molar-refractivity contribution in [3.8, 4) is 0 Å². The average molecular weight is 288 g/mol. The number of anilines is 1. The lowest BCUT2D eigenvalue weighted by atomic mass is 9.82. The molecular formula is C16H20N2O3. The fourth-order valence-corrected chi connectivity index (χ4v) is 2.52. The standard InChI is InChI=1S/C16H20N2O3/c1-11-5-7-12(8-6-11)16(21)18-14-4-2-3-13(17-14)9-10-15(19)20/h2-4,9-12H,5-8H2,1H3,(H,19,20)(H,17,18,21)/b10-9+. The lowest BCUT2D eigenvalue weighted by molar-refractivity contribution is -0.131. The molecule has 1 aliphatic rings. The number of carbonyl (C=O) groups excluding carboxylic acids is 1. The monoisotopic (exact) mass is 288 g/mol. The number of pyridine rings is 1. The summed E-state index contributed by atoms with van der Waals surface area (Å²) >= 11 is 0. The maximum absolute atomic E-state index is 12.2. The Hall–Kier alpha value is -2.17. The number of amides is 1. The van der Waals surface area contributed by atoms with Crippen LogP contribution in [0.3, 0.4) is 0 Å². The number of carboxylic acids is 1. The molecule has 0 unspecified atom stereocenters. The maximum atomic E-state index is 12.2. The third-order valence-corrected chi connectivity index (χ3v) is 3.81. The topological polar surface area (TPSA) is 79.3 Å². The van der Waals surface area contributed by atoms with Gasteiger partial charge in [0.25, 0.3) is 0 Å². The molecule has 1 aliphatic carbocycles. The van der Waals surface area contributed by atoms with Crippen LogP contribution in [0, 0.1) is 11.8 Å². The lowest BCUT2D eigenvalue weighted by Gasteiger charge is -2.25. The highest BCUT2D eigenvalue weighted by atomic mass is 16.4. The molecule has 112 valence electrons. The number of rotatable bonds is 4. The summed E-state index contributed by atoms with van der Waals surface area (Å²) in [5.74, 6) is 0.209. The summed E-state index contributed by atoms with van der Waals surface area (Å²) in [7, 11) is 0. The zero-order valence-electron chi connectivity index (χ0n) is 12.1. The van der Waals surface area contributed by atoms with Crippen molar-refractivity contribution in [3.05, 3.63) is 30.0 Å². The van der Waals surface area contributed by atoms with Crippen molar-refractivity contribution in [2.45, 2.75) is 32.6 Å². The third kappa shape index (κ3) is 4.70. The highest BCUT2D eigenvalue weighted by molar-refractivity contribution is 5.92. The first-order valence-corrected chi connectivity index (χ1v) is 7.23.